The number of aliphatic imine (C=N–C) groups is 1. The van der Waals surface area contributed by atoms with E-state index in [1.54, 1.807) is 11.9 Å². The van der Waals surface area contributed by atoms with E-state index >= 15 is 0 Å². The fourth-order valence-electron chi connectivity index (χ4n) is 1.44. The van der Waals surface area contributed by atoms with Crippen molar-refractivity contribution in [3.05, 3.63) is 0 Å². The molecular formula is C8H17N5O. The summed E-state index contributed by atoms with van der Waals surface area (Å²) in [6.07, 6.45) is 0.990. The number of rotatable bonds is 3. The molecule has 1 amide bonds. The fraction of sp³-hybridized carbons (Fsp3) is 0.750. The summed E-state index contributed by atoms with van der Waals surface area (Å²) in [6.45, 7) is 1.85. The van der Waals surface area contributed by atoms with Gasteiger partial charge in [-0.15, -0.1) is 0 Å². The minimum Gasteiger partial charge on any atom is -0.370 e. The van der Waals surface area contributed by atoms with Crippen LogP contribution in [0.2, 0.25) is 0 Å². The maximum Gasteiger partial charge on any atom is 0.244 e. The van der Waals surface area contributed by atoms with Crippen molar-refractivity contribution in [1.29, 1.82) is 0 Å². The van der Waals surface area contributed by atoms with E-state index in [4.69, 9.17) is 11.5 Å². The van der Waals surface area contributed by atoms with Crippen LogP contribution in [0.25, 0.3) is 0 Å². The molecule has 0 saturated carbocycles. The van der Waals surface area contributed by atoms with Gasteiger partial charge in [0.25, 0.3) is 0 Å². The first-order valence-electron chi connectivity index (χ1n) is 4.63. The Kier molecular flexibility index (Phi) is 3.70. The summed E-state index contributed by atoms with van der Waals surface area (Å²) in [4.78, 5) is 16.9. The molecule has 0 bridgehead atoms. The highest BCUT2D eigenvalue weighted by Crippen LogP contribution is 2.05. The van der Waals surface area contributed by atoms with Crippen LogP contribution in [0.3, 0.4) is 0 Å². The van der Waals surface area contributed by atoms with Crippen LogP contribution in [0, 0.1) is 0 Å². The molecule has 0 aromatic carbocycles. The Morgan fingerprint density at radius 2 is 2.36 bits per heavy atom. The zero-order chi connectivity index (χ0) is 10.6. The van der Waals surface area contributed by atoms with Crippen LogP contribution in [0.15, 0.2) is 4.99 Å². The van der Waals surface area contributed by atoms with Gasteiger partial charge < -0.3 is 21.7 Å². The summed E-state index contributed by atoms with van der Waals surface area (Å²) in [6, 6.07) is 0.275. The second-order valence-electron chi connectivity index (χ2n) is 3.39. The maximum atomic E-state index is 11.5. The van der Waals surface area contributed by atoms with Crippen molar-refractivity contribution in [2.45, 2.75) is 12.5 Å². The maximum absolute atomic E-state index is 11.5. The Morgan fingerprint density at radius 1 is 1.64 bits per heavy atom. The third kappa shape index (κ3) is 2.88. The summed E-state index contributed by atoms with van der Waals surface area (Å²) in [5.74, 6) is -0.0941. The van der Waals surface area contributed by atoms with E-state index in [9.17, 15) is 4.79 Å². The van der Waals surface area contributed by atoms with Crippen molar-refractivity contribution in [2.75, 3.05) is 26.7 Å². The van der Waals surface area contributed by atoms with Gasteiger partial charge in [-0.25, -0.2) is 4.99 Å². The van der Waals surface area contributed by atoms with Crippen molar-refractivity contribution < 1.29 is 4.79 Å². The quantitative estimate of drug-likeness (QED) is 0.364. The number of hydrogen-bond acceptors (Lipinski definition) is 3. The molecule has 1 fully saturated rings. The van der Waals surface area contributed by atoms with Gasteiger partial charge in [0.15, 0.2) is 5.96 Å². The molecule has 1 rings (SSSR count). The van der Waals surface area contributed by atoms with Gasteiger partial charge in [-0.05, 0) is 13.0 Å². The van der Waals surface area contributed by atoms with Gasteiger partial charge in [0.2, 0.25) is 5.91 Å². The van der Waals surface area contributed by atoms with Gasteiger partial charge in [0.05, 0.1) is 0 Å². The van der Waals surface area contributed by atoms with Gasteiger partial charge >= 0.3 is 0 Å². The average Bonchev–Trinajstić information content (AvgIpc) is 2.65. The monoisotopic (exact) mass is 199 g/mol. The van der Waals surface area contributed by atoms with Crippen molar-refractivity contribution >= 4 is 11.9 Å². The highest BCUT2D eigenvalue weighted by atomic mass is 16.2. The molecule has 1 aliphatic heterocycles. The number of carbonyl (C=O) groups excluding carboxylic acids is 1. The summed E-state index contributed by atoms with van der Waals surface area (Å²) >= 11 is 0. The van der Waals surface area contributed by atoms with Crippen molar-refractivity contribution in [3.8, 4) is 0 Å². The van der Waals surface area contributed by atoms with E-state index in [2.05, 4.69) is 10.3 Å². The summed E-state index contributed by atoms with van der Waals surface area (Å²) in [5, 5.41) is 3.19. The number of amides is 1. The Morgan fingerprint density at radius 3 is 2.86 bits per heavy atom. The lowest BCUT2D eigenvalue weighted by atomic mass is 10.2. The lowest BCUT2D eigenvalue weighted by molar-refractivity contribution is -0.130. The standard InChI is InChI=1S/C8H17N5O/c1-13(6-2-3-11-4-6)7(14)5-12-8(9)10/h6,11H,2-5H2,1H3,(H4,9,10,12). The van der Waals surface area contributed by atoms with E-state index in [0.717, 1.165) is 19.5 Å². The summed E-state index contributed by atoms with van der Waals surface area (Å²) in [5.41, 5.74) is 10.3. The first-order valence-corrected chi connectivity index (χ1v) is 4.63. The van der Waals surface area contributed by atoms with Crippen LogP contribution in [0.4, 0.5) is 0 Å². The number of nitrogens with zero attached hydrogens (tertiary/aromatic N) is 2. The minimum absolute atomic E-state index is 0.0370. The van der Waals surface area contributed by atoms with Crippen LogP contribution >= 0.6 is 0 Å². The fourth-order valence-corrected chi connectivity index (χ4v) is 1.44. The third-order valence-electron chi connectivity index (χ3n) is 2.37. The van der Waals surface area contributed by atoms with Crippen LogP contribution < -0.4 is 16.8 Å². The number of guanidine groups is 1. The highest BCUT2D eigenvalue weighted by molar-refractivity contribution is 5.83. The van der Waals surface area contributed by atoms with Gasteiger partial charge in [-0.2, -0.15) is 0 Å². The molecule has 0 spiro atoms. The largest absolute Gasteiger partial charge is 0.370 e. The van der Waals surface area contributed by atoms with E-state index in [0.29, 0.717) is 0 Å². The second-order valence-corrected chi connectivity index (χ2v) is 3.39. The molecule has 1 atom stereocenters. The third-order valence-corrected chi connectivity index (χ3v) is 2.37. The van der Waals surface area contributed by atoms with Gasteiger partial charge in [0, 0.05) is 19.6 Å². The molecule has 0 aromatic heterocycles. The number of carbonyl (C=O) groups is 1. The van der Waals surface area contributed by atoms with Crippen molar-refractivity contribution in [2.24, 2.45) is 16.5 Å². The van der Waals surface area contributed by atoms with E-state index < -0.39 is 0 Å². The van der Waals surface area contributed by atoms with Crippen LogP contribution in [-0.4, -0.2) is 49.5 Å². The molecule has 0 aromatic rings. The molecule has 5 N–H and O–H groups in total. The highest BCUT2D eigenvalue weighted by Gasteiger charge is 2.22. The molecule has 0 aliphatic carbocycles. The SMILES string of the molecule is CN(C(=O)CN=C(N)N)C1CCNC1. The normalized spacial score (nSPS) is 20.5. The zero-order valence-electron chi connectivity index (χ0n) is 8.36. The van der Waals surface area contributed by atoms with Gasteiger partial charge in [0.1, 0.15) is 6.54 Å². The molecule has 6 nitrogen and oxygen atoms in total. The van der Waals surface area contributed by atoms with E-state index in [1.165, 1.54) is 0 Å². The smallest absolute Gasteiger partial charge is 0.244 e. The van der Waals surface area contributed by atoms with Gasteiger partial charge in [-0.1, -0.05) is 0 Å². The Hall–Kier alpha value is -1.30. The molecular weight excluding hydrogens is 182 g/mol. The summed E-state index contributed by atoms with van der Waals surface area (Å²) in [7, 11) is 1.78. The summed E-state index contributed by atoms with van der Waals surface area (Å²) < 4.78 is 0. The number of nitrogens with two attached hydrogens (primary N) is 2. The molecule has 14 heavy (non-hydrogen) atoms. The van der Waals surface area contributed by atoms with Crippen LogP contribution in [0.5, 0.6) is 0 Å². The zero-order valence-corrected chi connectivity index (χ0v) is 8.36. The topological polar surface area (TPSA) is 96.7 Å². The lowest BCUT2D eigenvalue weighted by Gasteiger charge is -2.22. The predicted molar refractivity (Wildman–Crippen MR) is 54.7 cm³/mol. The number of hydrogen-bond donors (Lipinski definition) is 3. The number of likely N-dealkylation sites (N-methyl/N-ethyl adjacent to an activating group) is 1. The lowest BCUT2D eigenvalue weighted by Crippen LogP contribution is -2.40. The molecule has 1 heterocycles. The van der Waals surface area contributed by atoms with E-state index in [-0.39, 0.29) is 24.5 Å². The molecule has 0 radical (unpaired) electrons. The Balaban J connectivity index is 2.39. The molecule has 1 aliphatic rings. The molecule has 6 heteroatoms. The van der Waals surface area contributed by atoms with Crippen molar-refractivity contribution in [1.82, 2.24) is 10.2 Å². The minimum atomic E-state index is -0.0490. The predicted octanol–water partition coefficient (Wildman–Crippen LogP) is -1.92. The first-order chi connectivity index (χ1) is 6.61. The Bertz CT molecular complexity index is 230. The van der Waals surface area contributed by atoms with Gasteiger partial charge in [-0.3, -0.25) is 4.79 Å². The average molecular weight is 199 g/mol. The Labute approximate surface area is 83.3 Å². The first kappa shape index (κ1) is 10.8. The second kappa shape index (κ2) is 4.80. The molecule has 1 unspecified atom stereocenters. The molecule has 80 valence electrons. The van der Waals surface area contributed by atoms with Crippen LogP contribution in [0.1, 0.15) is 6.42 Å². The number of nitrogens with one attached hydrogen (secondary N) is 1. The van der Waals surface area contributed by atoms with Crippen LogP contribution in [-0.2, 0) is 4.79 Å². The van der Waals surface area contributed by atoms with E-state index in [1.807, 2.05) is 0 Å². The molecule has 1 saturated heterocycles. The van der Waals surface area contributed by atoms with Crippen molar-refractivity contribution in [3.63, 3.8) is 0 Å².